The third-order valence-electron chi connectivity index (χ3n) is 13.0. The van der Waals surface area contributed by atoms with Crippen molar-refractivity contribution in [1.82, 2.24) is 29.9 Å². The van der Waals surface area contributed by atoms with Gasteiger partial charge in [0.15, 0.2) is 5.82 Å². The van der Waals surface area contributed by atoms with Crippen molar-refractivity contribution in [3.63, 3.8) is 0 Å². The van der Waals surface area contributed by atoms with Gasteiger partial charge in [0.05, 0.1) is 29.2 Å². The SMILES string of the molecule is Cc1cc(C(=O)N2CCC(CN3CCC(n4ccc5c(N6CCC(=O)NC6=O)c(C)ccc54)CC3)CC2)ccc1[C@@H]1CN(c2cc(-c3ccccc3O)nnc2N)CCO1. The van der Waals surface area contributed by atoms with Crippen molar-refractivity contribution in [1.29, 1.82) is 0 Å². The van der Waals surface area contributed by atoms with Gasteiger partial charge < -0.3 is 34.8 Å². The number of nitrogens with two attached hydrogens (primary N) is 1. The first-order valence-corrected chi connectivity index (χ1v) is 21.2. The van der Waals surface area contributed by atoms with Crippen LogP contribution in [0.25, 0.3) is 22.2 Å². The highest BCUT2D eigenvalue weighted by Gasteiger charge is 2.31. The van der Waals surface area contributed by atoms with Crippen molar-refractivity contribution in [2.75, 3.05) is 74.5 Å². The van der Waals surface area contributed by atoms with E-state index in [1.54, 1.807) is 23.1 Å². The van der Waals surface area contributed by atoms with Gasteiger partial charge in [-0.15, -0.1) is 10.2 Å². The summed E-state index contributed by atoms with van der Waals surface area (Å²) in [6.07, 6.45) is 6.34. The number of fused-ring (bicyclic) bond motifs is 1. The van der Waals surface area contributed by atoms with Crippen molar-refractivity contribution >= 4 is 45.9 Å². The number of hydrogen-bond acceptors (Lipinski definition) is 10. The Labute approximate surface area is 349 Å². The molecule has 14 nitrogen and oxygen atoms in total. The zero-order chi connectivity index (χ0) is 41.5. The number of benzene rings is 3. The first-order chi connectivity index (χ1) is 29.1. The van der Waals surface area contributed by atoms with Crippen LogP contribution in [0.5, 0.6) is 5.75 Å². The van der Waals surface area contributed by atoms with Crippen LogP contribution in [-0.4, -0.2) is 106 Å². The Hall–Kier alpha value is -5.99. The molecule has 2 aromatic heterocycles. The second-order valence-electron chi connectivity index (χ2n) is 16.8. The molecular formula is C46H53N9O5. The number of carbonyl (C=O) groups excluding carboxylic acids is 3. The molecule has 4 fully saturated rings. The van der Waals surface area contributed by atoms with E-state index in [9.17, 15) is 19.5 Å². The number of aryl methyl sites for hydroxylation is 2. The summed E-state index contributed by atoms with van der Waals surface area (Å²) in [5.41, 5.74) is 14.0. The lowest BCUT2D eigenvalue weighted by atomic mass is 9.93. The molecule has 60 heavy (non-hydrogen) atoms. The first kappa shape index (κ1) is 39.5. The van der Waals surface area contributed by atoms with Gasteiger partial charge >= 0.3 is 6.03 Å². The predicted octanol–water partition coefficient (Wildman–Crippen LogP) is 6.22. The Morgan fingerprint density at radius 3 is 2.47 bits per heavy atom. The van der Waals surface area contributed by atoms with Crippen LogP contribution in [-0.2, 0) is 9.53 Å². The minimum Gasteiger partial charge on any atom is -0.507 e. The molecule has 4 amide bonds. The van der Waals surface area contributed by atoms with E-state index >= 15 is 0 Å². The molecule has 4 saturated heterocycles. The van der Waals surface area contributed by atoms with Crippen molar-refractivity contribution in [3.05, 3.63) is 95.2 Å². The van der Waals surface area contributed by atoms with Crippen LogP contribution in [0.2, 0.25) is 0 Å². The molecule has 5 aromatic rings. The number of nitrogens with one attached hydrogen (secondary N) is 1. The number of nitrogen functional groups attached to an aromatic ring is 1. The monoisotopic (exact) mass is 811 g/mol. The van der Waals surface area contributed by atoms with Gasteiger partial charge in [-0.3, -0.25) is 19.8 Å². The van der Waals surface area contributed by atoms with Crippen LogP contribution in [0, 0.1) is 19.8 Å². The largest absolute Gasteiger partial charge is 0.507 e. The molecule has 1 atom stereocenters. The number of phenols is 1. The number of phenolic OH excluding ortho intramolecular Hbond substituents is 1. The Morgan fingerprint density at radius 2 is 1.70 bits per heavy atom. The molecule has 0 unspecified atom stereocenters. The number of urea groups is 1. The average molecular weight is 812 g/mol. The van der Waals surface area contributed by atoms with Gasteiger partial charge in [0.1, 0.15) is 11.9 Å². The Kier molecular flexibility index (Phi) is 10.9. The normalized spacial score (nSPS) is 19.9. The number of imide groups is 1. The average Bonchev–Trinajstić information content (AvgIpc) is 3.69. The van der Waals surface area contributed by atoms with Gasteiger partial charge in [-0.05, 0) is 105 Å². The number of hydrogen-bond donors (Lipinski definition) is 3. The molecule has 4 aliphatic rings. The number of ether oxygens (including phenoxy) is 1. The Balaban J connectivity index is 0.774. The van der Waals surface area contributed by atoms with E-state index in [0.717, 1.165) is 97.4 Å². The second kappa shape index (κ2) is 16.6. The number of anilines is 3. The minimum atomic E-state index is -0.351. The zero-order valence-corrected chi connectivity index (χ0v) is 34.3. The van der Waals surface area contributed by atoms with Crippen LogP contribution in [0.15, 0.2) is 72.9 Å². The summed E-state index contributed by atoms with van der Waals surface area (Å²) in [6, 6.07) is 21.3. The number of aromatic nitrogens is 3. The molecule has 0 radical (unpaired) electrons. The lowest BCUT2D eigenvalue weighted by Crippen LogP contribution is -2.49. The van der Waals surface area contributed by atoms with E-state index in [1.807, 2.05) is 49.1 Å². The topological polar surface area (TPSA) is 162 Å². The maximum absolute atomic E-state index is 13.8. The van der Waals surface area contributed by atoms with Gasteiger partial charge in [-0.1, -0.05) is 24.3 Å². The summed E-state index contributed by atoms with van der Waals surface area (Å²) in [5.74, 6) is 0.861. The van der Waals surface area contributed by atoms with Crippen molar-refractivity contribution in [3.8, 4) is 17.0 Å². The Morgan fingerprint density at radius 1 is 0.900 bits per heavy atom. The maximum Gasteiger partial charge on any atom is 0.328 e. The third-order valence-corrected chi connectivity index (χ3v) is 13.0. The van der Waals surface area contributed by atoms with Crippen LogP contribution in [0.1, 0.15) is 71.3 Å². The number of nitrogens with zero attached hydrogens (tertiary/aromatic N) is 7. The highest BCUT2D eigenvalue weighted by molar-refractivity contribution is 6.10. The summed E-state index contributed by atoms with van der Waals surface area (Å²) in [5, 5.41) is 22.4. The first-order valence-electron chi connectivity index (χ1n) is 21.2. The zero-order valence-electron chi connectivity index (χ0n) is 34.3. The molecule has 9 rings (SSSR count). The molecule has 0 spiro atoms. The fourth-order valence-electron chi connectivity index (χ4n) is 9.72. The van der Waals surface area contributed by atoms with E-state index in [2.05, 4.69) is 54.3 Å². The summed E-state index contributed by atoms with van der Waals surface area (Å²) in [7, 11) is 0. The lowest BCUT2D eigenvalue weighted by molar-refractivity contribution is -0.120. The van der Waals surface area contributed by atoms with Gasteiger partial charge in [-0.2, -0.15) is 0 Å². The number of rotatable bonds is 8. The number of aromatic hydroxyl groups is 1. The van der Waals surface area contributed by atoms with E-state index in [0.29, 0.717) is 67.3 Å². The molecule has 0 aliphatic carbocycles. The van der Waals surface area contributed by atoms with E-state index < -0.39 is 0 Å². The van der Waals surface area contributed by atoms with Crippen LogP contribution in [0.3, 0.4) is 0 Å². The summed E-state index contributed by atoms with van der Waals surface area (Å²) in [4.78, 5) is 46.8. The molecule has 4 N–H and O–H groups in total. The fraction of sp³-hybridized carbons (Fsp3) is 0.413. The number of morpholine rings is 1. The molecule has 312 valence electrons. The van der Waals surface area contributed by atoms with Crippen molar-refractivity contribution < 1.29 is 24.2 Å². The van der Waals surface area contributed by atoms with Gasteiger partial charge in [0, 0.05) is 87.5 Å². The fourth-order valence-corrected chi connectivity index (χ4v) is 9.72. The van der Waals surface area contributed by atoms with Crippen LogP contribution < -0.4 is 20.9 Å². The van der Waals surface area contributed by atoms with E-state index in [1.165, 1.54) is 0 Å². The minimum absolute atomic E-state index is 0.0779. The van der Waals surface area contributed by atoms with Crippen molar-refractivity contribution in [2.45, 2.75) is 58.1 Å². The van der Waals surface area contributed by atoms with Crippen LogP contribution in [0.4, 0.5) is 22.0 Å². The van der Waals surface area contributed by atoms with Crippen molar-refractivity contribution in [2.24, 2.45) is 5.92 Å². The maximum atomic E-state index is 13.8. The Bertz CT molecular complexity index is 2430. The number of carbonyl (C=O) groups is 3. The number of likely N-dealkylation sites (tertiary alicyclic amines) is 2. The van der Waals surface area contributed by atoms with Gasteiger partial charge in [-0.25, -0.2) is 4.79 Å². The molecular weight excluding hydrogens is 759 g/mol. The smallest absolute Gasteiger partial charge is 0.328 e. The number of para-hydroxylation sites is 1. The molecule has 4 aliphatic heterocycles. The van der Waals surface area contributed by atoms with Gasteiger partial charge in [0.2, 0.25) is 5.91 Å². The lowest BCUT2D eigenvalue weighted by Gasteiger charge is -2.38. The third kappa shape index (κ3) is 7.77. The molecule has 6 heterocycles. The number of amides is 4. The highest BCUT2D eigenvalue weighted by Crippen LogP contribution is 2.37. The predicted molar refractivity (Wildman–Crippen MR) is 231 cm³/mol. The molecule has 0 saturated carbocycles. The molecule has 3 aromatic carbocycles. The molecule has 0 bridgehead atoms. The van der Waals surface area contributed by atoms with E-state index in [-0.39, 0.29) is 29.7 Å². The van der Waals surface area contributed by atoms with Gasteiger partial charge in [0.25, 0.3) is 5.91 Å². The summed E-state index contributed by atoms with van der Waals surface area (Å²) < 4.78 is 8.63. The quantitative estimate of drug-likeness (QED) is 0.164. The standard InChI is InChI=1S/C46H53N9O5/c1-29-7-10-38-36(43(29)55-22-16-42(57)48-46(55)59)15-21-54(38)33-13-17-51(18-14-33)27-31-11-19-52(20-12-31)45(58)32-8-9-34(30(2)25-32)41-28-53(23-24-60-41)39-26-37(49-50-44(39)47)35-5-3-4-6-40(35)56/h3-10,15,21,25-26,31,33,41,56H,11-14,16-20,22-24,27-28H2,1-2H3,(H2,47,50)(H,48,57,59)/t41-/m0/s1. The van der Waals surface area contributed by atoms with E-state index in [4.69, 9.17) is 10.5 Å². The second-order valence-corrected chi connectivity index (χ2v) is 16.8. The summed E-state index contributed by atoms with van der Waals surface area (Å²) >= 11 is 0. The molecule has 14 heteroatoms. The highest BCUT2D eigenvalue weighted by atomic mass is 16.5. The number of piperidine rings is 2. The summed E-state index contributed by atoms with van der Waals surface area (Å²) in [6.45, 7) is 10.8. The van der Waals surface area contributed by atoms with Crippen LogP contribution >= 0.6 is 0 Å².